The third kappa shape index (κ3) is 3.20. The third-order valence-corrected chi connectivity index (χ3v) is 4.75. The third-order valence-electron chi connectivity index (χ3n) is 2.49. The van der Waals surface area contributed by atoms with Crippen LogP contribution in [0, 0.1) is 0 Å². The van der Waals surface area contributed by atoms with Gasteiger partial charge in [0.25, 0.3) is 0 Å². The number of Topliss-reactive ketones (excluding diaryl/α,β-unsaturated/α-hetero) is 1. The van der Waals surface area contributed by atoms with E-state index in [0.29, 0.717) is 11.7 Å². The van der Waals surface area contributed by atoms with Crippen molar-refractivity contribution in [2.45, 2.75) is 26.8 Å². The van der Waals surface area contributed by atoms with Crippen LogP contribution in [0.15, 0.2) is 6.20 Å². The van der Waals surface area contributed by atoms with Crippen molar-refractivity contribution in [3.63, 3.8) is 0 Å². The summed E-state index contributed by atoms with van der Waals surface area (Å²) < 4.78 is 0. The molecule has 2 aromatic heterocycles. The topological polar surface area (TPSA) is 92.2 Å². The SMILES string of the molecule is CCc1cnc(CNc2nc(C(=O)O)c(C(C)=O)s2)s1. The largest absolute Gasteiger partial charge is 0.476 e. The first-order chi connectivity index (χ1) is 9.51. The molecule has 0 bridgehead atoms. The van der Waals surface area contributed by atoms with Gasteiger partial charge in [-0.1, -0.05) is 18.3 Å². The number of carbonyl (C=O) groups is 2. The summed E-state index contributed by atoms with van der Waals surface area (Å²) in [7, 11) is 0. The maximum Gasteiger partial charge on any atom is 0.356 e. The van der Waals surface area contributed by atoms with Crippen LogP contribution in [0.1, 0.15) is 43.9 Å². The number of hydrogen-bond donors (Lipinski definition) is 2. The monoisotopic (exact) mass is 311 g/mol. The molecule has 106 valence electrons. The summed E-state index contributed by atoms with van der Waals surface area (Å²) in [6.45, 7) is 3.86. The van der Waals surface area contributed by atoms with Gasteiger partial charge < -0.3 is 10.4 Å². The van der Waals surface area contributed by atoms with Crippen LogP contribution in [0.2, 0.25) is 0 Å². The van der Waals surface area contributed by atoms with Crippen molar-refractivity contribution in [3.05, 3.63) is 26.7 Å². The van der Waals surface area contributed by atoms with Crippen LogP contribution >= 0.6 is 22.7 Å². The van der Waals surface area contributed by atoms with E-state index < -0.39 is 5.97 Å². The van der Waals surface area contributed by atoms with Gasteiger partial charge in [-0.15, -0.1) is 11.3 Å². The Bertz CT molecular complexity index is 617. The van der Waals surface area contributed by atoms with Crippen molar-refractivity contribution in [3.8, 4) is 0 Å². The molecule has 2 rings (SSSR count). The Morgan fingerprint density at radius 2 is 2.15 bits per heavy atom. The van der Waals surface area contributed by atoms with E-state index in [-0.39, 0.29) is 16.4 Å². The number of nitrogens with one attached hydrogen (secondary N) is 1. The molecule has 0 spiro atoms. The molecule has 0 radical (unpaired) electrons. The van der Waals surface area contributed by atoms with Crippen molar-refractivity contribution in [1.29, 1.82) is 0 Å². The highest BCUT2D eigenvalue weighted by Gasteiger charge is 2.20. The molecule has 0 amide bonds. The Kier molecular flexibility index (Phi) is 4.46. The Balaban J connectivity index is 2.11. The van der Waals surface area contributed by atoms with Gasteiger partial charge in [0.2, 0.25) is 0 Å². The molecule has 0 aliphatic rings. The number of thiazole rings is 2. The molecule has 0 aliphatic carbocycles. The second-order valence-corrected chi connectivity index (χ2v) is 6.18. The molecule has 0 atom stereocenters. The summed E-state index contributed by atoms with van der Waals surface area (Å²) in [5.41, 5.74) is -0.196. The van der Waals surface area contributed by atoms with E-state index in [1.807, 2.05) is 6.20 Å². The van der Waals surface area contributed by atoms with Gasteiger partial charge in [0.05, 0.1) is 6.54 Å². The number of ketones is 1. The minimum Gasteiger partial charge on any atom is -0.476 e. The first-order valence-corrected chi connectivity index (χ1v) is 7.57. The highest BCUT2D eigenvalue weighted by molar-refractivity contribution is 7.17. The molecule has 2 aromatic rings. The van der Waals surface area contributed by atoms with Crippen LogP contribution in [0.4, 0.5) is 5.13 Å². The van der Waals surface area contributed by atoms with E-state index in [0.717, 1.165) is 22.8 Å². The maximum atomic E-state index is 11.4. The van der Waals surface area contributed by atoms with Gasteiger partial charge in [-0.25, -0.2) is 14.8 Å². The molecule has 6 nitrogen and oxygen atoms in total. The Morgan fingerprint density at radius 3 is 2.65 bits per heavy atom. The summed E-state index contributed by atoms with van der Waals surface area (Å²) in [6, 6.07) is 0. The van der Waals surface area contributed by atoms with Gasteiger partial charge in [-0.3, -0.25) is 4.79 Å². The van der Waals surface area contributed by atoms with Crippen molar-refractivity contribution < 1.29 is 14.7 Å². The zero-order valence-corrected chi connectivity index (χ0v) is 12.6. The van der Waals surface area contributed by atoms with Crippen LogP contribution in [0.5, 0.6) is 0 Å². The van der Waals surface area contributed by atoms with Crippen LogP contribution in [0.25, 0.3) is 0 Å². The summed E-state index contributed by atoms with van der Waals surface area (Å²) in [4.78, 5) is 31.9. The summed E-state index contributed by atoms with van der Waals surface area (Å²) in [5.74, 6) is -1.49. The molecule has 0 aliphatic heterocycles. The highest BCUT2D eigenvalue weighted by Crippen LogP contribution is 2.24. The van der Waals surface area contributed by atoms with E-state index in [4.69, 9.17) is 5.11 Å². The first kappa shape index (κ1) is 14.6. The predicted molar refractivity (Wildman–Crippen MR) is 77.9 cm³/mol. The predicted octanol–water partition coefficient (Wildman–Crippen LogP) is 2.67. The van der Waals surface area contributed by atoms with Crippen molar-refractivity contribution >= 4 is 39.6 Å². The molecule has 2 N–H and O–H groups in total. The number of hydrogen-bond acceptors (Lipinski definition) is 7. The lowest BCUT2D eigenvalue weighted by Gasteiger charge is -1.97. The average molecular weight is 311 g/mol. The minimum atomic E-state index is -1.19. The molecular formula is C12H13N3O3S2. The number of anilines is 1. The van der Waals surface area contributed by atoms with Gasteiger partial charge in [-0.2, -0.15) is 0 Å². The van der Waals surface area contributed by atoms with E-state index >= 15 is 0 Å². The number of carboxylic acid groups (broad SMARTS) is 1. The molecule has 0 fully saturated rings. The molecular weight excluding hydrogens is 298 g/mol. The number of aryl methyl sites for hydroxylation is 1. The fraction of sp³-hybridized carbons (Fsp3) is 0.333. The molecule has 20 heavy (non-hydrogen) atoms. The zero-order chi connectivity index (χ0) is 14.7. The first-order valence-electron chi connectivity index (χ1n) is 5.93. The van der Waals surface area contributed by atoms with Crippen LogP contribution in [0.3, 0.4) is 0 Å². The zero-order valence-electron chi connectivity index (χ0n) is 11.0. The Labute approximate surface area is 123 Å². The smallest absolute Gasteiger partial charge is 0.356 e. The second kappa shape index (κ2) is 6.10. The van der Waals surface area contributed by atoms with E-state index in [1.54, 1.807) is 11.3 Å². The van der Waals surface area contributed by atoms with E-state index in [1.165, 1.54) is 11.8 Å². The molecule has 0 saturated carbocycles. The number of aromatic nitrogens is 2. The molecule has 0 saturated heterocycles. The average Bonchev–Trinajstić information content (AvgIpc) is 3.03. The van der Waals surface area contributed by atoms with Crippen LogP contribution < -0.4 is 5.32 Å². The Hall–Kier alpha value is -1.80. The number of rotatable bonds is 6. The van der Waals surface area contributed by atoms with Gasteiger partial charge in [0, 0.05) is 18.0 Å². The number of aromatic carboxylic acids is 1. The normalized spacial score (nSPS) is 10.5. The fourth-order valence-electron chi connectivity index (χ4n) is 1.52. The van der Waals surface area contributed by atoms with E-state index in [2.05, 4.69) is 22.2 Å². The Morgan fingerprint density at radius 1 is 1.40 bits per heavy atom. The molecule has 0 unspecified atom stereocenters. The molecule has 8 heteroatoms. The van der Waals surface area contributed by atoms with Crippen molar-refractivity contribution in [2.75, 3.05) is 5.32 Å². The van der Waals surface area contributed by atoms with Gasteiger partial charge in [0.1, 0.15) is 9.88 Å². The fourth-order valence-corrected chi connectivity index (χ4v) is 3.17. The van der Waals surface area contributed by atoms with Gasteiger partial charge in [-0.05, 0) is 6.42 Å². The van der Waals surface area contributed by atoms with Crippen LogP contribution in [-0.4, -0.2) is 26.8 Å². The summed E-state index contributed by atoms with van der Waals surface area (Å²) in [6.07, 6.45) is 2.76. The molecule has 0 aromatic carbocycles. The quantitative estimate of drug-likeness (QED) is 0.797. The lowest BCUT2D eigenvalue weighted by atomic mass is 10.3. The molecule has 2 heterocycles. The number of nitrogens with zero attached hydrogens (tertiary/aromatic N) is 2. The number of carbonyl (C=O) groups excluding carboxylic acids is 1. The highest BCUT2D eigenvalue weighted by atomic mass is 32.1. The van der Waals surface area contributed by atoms with Gasteiger partial charge >= 0.3 is 5.97 Å². The standard InChI is InChI=1S/C12H13N3O3S2/c1-3-7-4-13-8(19-7)5-14-12-15-9(11(17)18)10(20-12)6(2)16/h4H,3,5H2,1-2H3,(H,14,15)(H,17,18). The number of carboxylic acids is 1. The maximum absolute atomic E-state index is 11.4. The van der Waals surface area contributed by atoms with Crippen LogP contribution in [-0.2, 0) is 13.0 Å². The van der Waals surface area contributed by atoms with E-state index in [9.17, 15) is 9.59 Å². The minimum absolute atomic E-state index is 0.161. The lowest BCUT2D eigenvalue weighted by Crippen LogP contribution is -2.04. The van der Waals surface area contributed by atoms with Gasteiger partial charge in [0.15, 0.2) is 16.6 Å². The second-order valence-electron chi connectivity index (χ2n) is 3.99. The van der Waals surface area contributed by atoms with Crippen molar-refractivity contribution in [2.24, 2.45) is 0 Å². The van der Waals surface area contributed by atoms with Crippen molar-refractivity contribution in [1.82, 2.24) is 9.97 Å². The summed E-state index contributed by atoms with van der Waals surface area (Å²) >= 11 is 2.65. The lowest BCUT2D eigenvalue weighted by molar-refractivity contribution is 0.0687. The summed E-state index contributed by atoms with van der Waals surface area (Å²) in [5, 5.41) is 13.3.